The highest BCUT2D eigenvalue weighted by Gasteiger charge is 2.13. The third-order valence-corrected chi connectivity index (χ3v) is 4.67. The maximum Gasteiger partial charge on any atom is 0.231 e. The largest absolute Gasteiger partial charge is 0.492 e. The fourth-order valence-electron chi connectivity index (χ4n) is 3.36. The van der Waals surface area contributed by atoms with E-state index >= 15 is 0 Å². The van der Waals surface area contributed by atoms with Crippen LogP contribution in [0.15, 0.2) is 55.0 Å². The average Bonchev–Trinajstić information content (AvgIpc) is 3.22. The molecule has 138 valence electrons. The van der Waals surface area contributed by atoms with Gasteiger partial charge in [0.05, 0.1) is 23.6 Å². The molecule has 28 heavy (non-hydrogen) atoms. The van der Waals surface area contributed by atoms with Gasteiger partial charge >= 0.3 is 0 Å². The molecule has 0 unspecified atom stereocenters. The first kappa shape index (κ1) is 16.4. The number of nitrogens with zero attached hydrogens (tertiary/aromatic N) is 6. The topological polar surface area (TPSA) is 81.7 Å². The van der Waals surface area contributed by atoms with Gasteiger partial charge in [0.1, 0.15) is 17.2 Å². The molecule has 1 aromatic carbocycles. The first-order valence-electron chi connectivity index (χ1n) is 8.69. The van der Waals surface area contributed by atoms with Crippen molar-refractivity contribution in [3.63, 3.8) is 0 Å². The van der Waals surface area contributed by atoms with Gasteiger partial charge in [0.2, 0.25) is 5.88 Å². The van der Waals surface area contributed by atoms with Crippen LogP contribution in [-0.2, 0) is 6.54 Å². The third-order valence-electron chi connectivity index (χ3n) is 4.67. The van der Waals surface area contributed by atoms with Crippen LogP contribution in [0.5, 0.6) is 5.88 Å². The van der Waals surface area contributed by atoms with Crippen molar-refractivity contribution in [3.05, 3.63) is 72.2 Å². The number of imidazole rings is 1. The lowest BCUT2D eigenvalue weighted by Gasteiger charge is -2.09. The minimum Gasteiger partial charge on any atom is -0.492 e. The van der Waals surface area contributed by atoms with Gasteiger partial charge in [0.15, 0.2) is 11.3 Å². The molecule has 0 aliphatic carbocycles. The summed E-state index contributed by atoms with van der Waals surface area (Å²) in [7, 11) is 0. The van der Waals surface area contributed by atoms with Gasteiger partial charge in [-0.25, -0.2) is 19.3 Å². The van der Waals surface area contributed by atoms with Crippen molar-refractivity contribution < 1.29 is 9.50 Å². The Labute approximate surface area is 158 Å². The standard InChI is InChI=1S/C20H15FN6O/c1-12-24-19-17(27(12)11-13-3-2-4-14(21)7-13)8-15(9-23-19)26-6-5-16-20(26)25-18(28)10-22-16/h2-10H,11H2,1H3,(H,25,28). The molecule has 0 amide bonds. The van der Waals surface area contributed by atoms with Gasteiger partial charge in [-0.1, -0.05) is 12.1 Å². The molecular formula is C20H15FN6O. The zero-order valence-electron chi connectivity index (χ0n) is 14.9. The quantitative estimate of drug-likeness (QED) is 0.524. The molecule has 0 saturated carbocycles. The van der Waals surface area contributed by atoms with Gasteiger partial charge in [-0.15, -0.1) is 0 Å². The normalized spacial score (nSPS) is 11.5. The Hall–Kier alpha value is -3.81. The monoisotopic (exact) mass is 374 g/mol. The Bertz CT molecular complexity index is 1340. The lowest BCUT2D eigenvalue weighted by atomic mass is 10.2. The number of aryl methyl sites for hydroxylation is 1. The minimum atomic E-state index is -0.268. The van der Waals surface area contributed by atoms with Crippen LogP contribution in [-0.4, -0.2) is 34.2 Å². The number of pyridine rings is 1. The van der Waals surface area contributed by atoms with Gasteiger partial charge in [-0.2, -0.15) is 4.98 Å². The molecular weight excluding hydrogens is 359 g/mol. The van der Waals surface area contributed by atoms with Crippen LogP contribution in [0.3, 0.4) is 0 Å². The second-order valence-corrected chi connectivity index (χ2v) is 6.53. The van der Waals surface area contributed by atoms with E-state index in [0.29, 0.717) is 23.4 Å². The molecule has 4 heterocycles. The van der Waals surface area contributed by atoms with Crippen molar-refractivity contribution in [2.24, 2.45) is 0 Å². The molecule has 0 atom stereocenters. The van der Waals surface area contributed by atoms with E-state index in [0.717, 1.165) is 22.6 Å². The fourth-order valence-corrected chi connectivity index (χ4v) is 3.36. The highest BCUT2D eigenvalue weighted by molar-refractivity contribution is 5.78. The molecule has 1 N–H and O–H groups in total. The van der Waals surface area contributed by atoms with E-state index in [9.17, 15) is 9.50 Å². The van der Waals surface area contributed by atoms with Crippen LogP contribution in [0.2, 0.25) is 0 Å². The summed E-state index contributed by atoms with van der Waals surface area (Å²) < 4.78 is 17.4. The van der Waals surface area contributed by atoms with Crippen molar-refractivity contribution in [2.45, 2.75) is 13.5 Å². The van der Waals surface area contributed by atoms with Crippen molar-refractivity contribution in [2.75, 3.05) is 0 Å². The van der Waals surface area contributed by atoms with E-state index in [1.807, 2.05) is 40.5 Å². The fraction of sp³-hybridized carbons (Fsp3) is 0.100. The lowest BCUT2D eigenvalue weighted by molar-refractivity contribution is 0.452. The Morgan fingerprint density at radius 1 is 1.07 bits per heavy atom. The van der Waals surface area contributed by atoms with E-state index in [4.69, 9.17) is 0 Å². The van der Waals surface area contributed by atoms with Crippen LogP contribution in [0, 0.1) is 12.7 Å². The number of hydrogen-bond acceptors (Lipinski definition) is 5. The third kappa shape index (κ3) is 2.66. The van der Waals surface area contributed by atoms with Crippen molar-refractivity contribution in [1.29, 1.82) is 0 Å². The Morgan fingerprint density at radius 2 is 1.96 bits per heavy atom. The van der Waals surface area contributed by atoms with Crippen LogP contribution in [0.25, 0.3) is 28.0 Å². The number of halogens is 1. The summed E-state index contributed by atoms with van der Waals surface area (Å²) in [6, 6.07) is 10.3. The summed E-state index contributed by atoms with van der Waals surface area (Å²) in [6.45, 7) is 2.38. The molecule has 0 saturated heterocycles. The number of benzene rings is 1. The maximum atomic E-state index is 13.6. The SMILES string of the molecule is Cc1nc2ncc(-n3ccc4ncc(O)nc43)cc2n1Cc1cccc(F)c1. The molecule has 5 aromatic rings. The van der Waals surface area contributed by atoms with E-state index in [1.54, 1.807) is 12.3 Å². The zero-order valence-corrected chi connectivity index (χ0v) is 14.9. The highest BCUT2D eigenvalue weighted by Crippen LogP contribution is 2.23. The maximum absolute atomic E-state index is 13.6. The van der Waals surface area contributed by atoms with Gasteiger partial charge < -0.3 is 9.67 Å². The summed E-state index contributed by atoms with van der Waals surface area (Å²) in [5.74, 6) is 0.378. The van der Waals surface area contributed by atoms with Gasteiger partial charge in [-0.05, 0) is 36.8 Å². The van der Waals surface area contributed by atoms with E-state index in [1.165, 1.54) is 18.3 Å². The average molecular weight is 374 g/mol. The number of aromatic nitrogens is 6. The van der Waals surface area contributed by atoms with Crippen LogP contribution >= 0.6 is 0 Å². The molecule has 0 radical (unpaired) electrons. The first-order chi connectivity index (χ1) is 13.6. The van der Waals surface area contributed by atoms with E-state index < -0.39 is 0 Å². The summed E-state index contributed by atoms with van der Waals surface area (Å²) >= 11 is 0. The molecule has 0 spiro atoms. The summed E-state index contributed by atoms with van der Waals surface area (Å²) in [5.41, 5.74) is 4.26. The van der Waals surface area contributed by atoms with Crippen LogP contribution < -0.4 is 0 Å². The predicted octanol–water partition coefficient (Wildman–Crippen LogP) is 3.37. The van der Waals surface area contributed by atoms with Gasteiger partial charge in [0, 0.05) is 12.7 Å². The van der Waals surface area contributed by atoms with Crippen molar-refractivity contribution in [1.82, 2.24) is 29.1 Å². The predicted molar refractivity (Wildman–Crippen MR) is 102 cm³/mol. The van der Waals surface area contributed by atoms with E-state index in [2.05, 4.69) is 19.9 Å². The Kier molecular flexibility index (Phi) is 3.58. The summed E-state index contributed by atoms with van der Waals surface area (Å²) in [6.07, 6.45) is 4.84. The van der Waals surface area contributed by atoms with Gasteiger partial charge in [0.25, 0.3) is 0 Å². The van der Waals surface area contributed by atoms with Crippen molar-refractivity contribution in [3.8, 4) is 11.6 Å². The summed E-state index contributed by atoms with van der Waals surface area (Å²) in [4.78, 5) is 17.3. The molecule has 0 fully saturated rings. The smallest absolute Gasteiger partial charge is 0.231 e. The molecule has 5 rings (SSSR count). The zero-order chi connectivity index (χ0) is 19.3. The second kappa shape index (κ2) is 6.12. The van der Waals surface area contributed by atoms with Gasteiger partial charge in [-0.3, -0.25) is 4.57 Å². The molecule has 7 nitrogen and oxygen atoms in total. The first-order valence-corrected chi connectivity index (χ1v) is 8.69. The minimum absolute atomic E-state index is 0.145. The van der Waals surface area contributed by atoms with Crippen LogP contribution in [0.4, 0.5) is 4.39 Å². The second-order valence-electron chi connectivity index (χ2n) is 6.53. The highest BCUT2D eigenvalue weighted by atomic mass is 19.1. The number of hydrogen-bond donors (Lipinski definition) is 1. The van der Waals surface area contributed by atoms with Crippen molar-refractivity contribution >= 4 is 22.3 Å². The number of fused-ring (bicyclic) bond motifs is 2. The molecule has 0 bridgehead atoms. The van der Waals surface area contributed by atoms with Crippen LogP contribution in [0.1, 0.15) is 11.4 Å². The number of rotatable bonds is 3. The Balaban J connectivity index is 1.65. The number of aromatic hydroxyl groups is 1. The molecule has 4 aromatic heterocycles. The molecule has 0 aliphatic rings. The van der Waals surface area contributed by atoms with E-state index in [-0.39, 0.29) is 11.7 Å². The Morgan fingerprint density at radius 3 is 2.82 bits per heavy atom. The lowest BCUT2D eigenvalue weighted by Crippen LogP contribution is -2.03. The molecule has 8 heteroatoms. The summed E-state index contributed by atoms with van der Waals surface area (Å²) in [5, 5.41) is 9.68. The molecule has 0 aliphatic heterocycles.